The Kier molecular flexibility index (Phi) is 4.91. The molecule has 1 aromatic carbocycles. The van der Waals surface area contributed by atoms with Gasteiger partial charge in [0.15, 0.2) is 11.6 Å². The fraction of sp³-hybridized carbons (Fsp3) is 0.455. The van der Waals surface area contributed by atoms with Crippen molar-refractivity contribution in [3.05, 3.63) is 29.6 Å². The van der Waals surface area contributed by atoms with Crippen molar-refractivity contribution in [2.45, 2.75) is 13.0 Å². The monoisotopic (exact) mass is 230 g/mol. The third kappa shape index (κ3) is 3.72. The molecule has 84 valence electrons. The van der Waals surface area contributed by atoms with E-state index < -0.39 is 11.9 Å². The number of thioether (sulfide) groups is 1. The van der Waals surface area contributed by atoms with Gasteiger partial charge in [0.1, 0.15) is 0 Å². The van der Waals surface area contributed by atoms with E-state index in [1.165, 1.54) is 6.07 Å². The minimum absolute atomic E-state index is 0.244. The molecule has 0 heterocycles. The van der Waals surface area contributed by atoms with Gasteiger partial charge in [0, 0.05) is 5.75 Å². The molecule has 0 bridgehead atoms. The smallest absolute Gasteiger partial charge is 0.165 e. The Morgan fingerprint density at radius 3 is 2.80 bits per heavy atom. The van der Waals surface area contributed by atoms with Crippen LogP contribution in [-0.2, 0) is 0 Å². The van der Waals surface area contributed by atoms with Crippen molar-refractivity contribution >= 4 is 11.8 Å². The fourth-order valence-electron chi connectivity index (χ4n) is 1.13. The van der Waals surface area contributed by atoms with Crippen LogP contribution in [0, 0.1) is 5.82 Å². The first-order chi connectivity index (χ1) is 7.15. The molecular weight excluding hydrogens is 215 g/mol. The number of aliphatic hydroxyl groups excluding tert-OH is 1. The van der Waals surface area contributed by atoms with Gasteiger partial charge < -0.3 is 9.84 Å². The number of aliphatic hydroxyl groups is 1. The summed E-state index contributed by atoms with van der Waals surface area (Å²) in [7, 11) is 0. The molecule has 0 aromatic heterocycles. The maximum absolute atomic E-state index is 13.4. The van der Waals surface area contributed by atoms with Crippen LogP contribution in [0.15, 0.2) is 18.2 Å². The van der Waals surface area contributed by atoms with Crippen LogP contribution in [0.3, 0.4) is 0 Å². The minimum atomic E-state index is -0.653. The second-order valence-corrected chi connectivity index (χ2v) is 4.19. The Bertz CT molecular complexity index is 315. The lowest BCUT2D eigenvalue weighted by atomic mass is 10.1. The quantitative estimate of drug-likeness (QED) is 0.788. The van der Waals surface area contributed by atoms with Gasteiger partial charge in [-0.15, -0.1) is 0 Å². The highest BCUT2D eigenvalue weighted by Gasteiger charge is 2.07. The molecule has 1 N–H and O–H groups in total. The first-order valence-electron chi connectivity index (χ1n) is 4.74. The largest absolute Gasteiger partial charge is 0.490 e. The lowest BCUT2D eigenvalue weighted by Crippen LogP contribution is -2.02. The van der Waals surface area contributed by atoms with E-state index in [1.54, 1.807) is 30.8 Å². The van der Waals surface area contributed by atoms with Gasteiger partial charge in [0.25, 0.3) is 0 Å². The van der Waals surface area contributed by atoms with Crippen LogP contribution in [0.5, 0.6) is 5.75 Å². The average molecular weight is 230 g/mol. The third-order valence-electron chi connectivity index (χ3n) is 1.98. The van der Waals surface area contributed by atoms with Crippen LogP contribution in [0.4, 0.5) is 4.39 Å². The summed E-state index contributed by atoms with van der Waals surface area (Å²) >= 11 is 1.65. The zero-order valence-corrected chi connectivity index (χ0v) is 9.68. The molecule has 1 atom stereocenters. The number of hydrogen-bond acceptors (Lipinski definition) is 3. The molecule has 0 spiro atoms. The summed E-state index contributed by atoms with van der Waals surface area (Å²) in [6, 6.07) is 4.53. The van der Waals surface area contributed by atoms with Gasteiger partial charge in [-0.3, -0.25) is 0 Å². The third-order valence-corrected chi connectivity index (χ3v) is 2.56. The van der Waals surface area contributed by atoms with E-state index in [9.17, 15) is 9.50 Å². The first kappa shape index (κ1) is 12.3. The lowest BCUT2D eigenvalue weighted by Gasteiger charge is -2.09. The fourth-order valence-corrected chi connectivity index (χ4v) is 1.38. The Morgan fingerprint density at radius 1 is 1.53 bits per heavy atom. The molecule has 0 aliphatic heterocycles. The van der Waals surface area contributed by atoms with E-state index in [0.29, 0.717) is 12.2 Å². The SMILES string of the molecule is CSCCOc1ccc(C(C)O)cc1F. The van der Waals surface area contributed by atoms with Gasteiger partial charge in [-0.2, -0.15) is 11.8 Å². The highest BCUT2D eigenvalue weighted by Crippen LogP contribution is 2.21. The Hall–Kier alpha value is -0.740. The van der Waals surface area contributed by atoms with Crippen molar-refractivity contribution in [2.75, 3.05) is 18.6 Å². The normalized spacial score (nSPS) is 12.5. The number of halogens is 1. The average Bonchev–Trinajstić information content (AvgIpc) is 2.20. The van der Waals surface area contributed by atoms with Crippen LogP contribution in [0.25, 0.3) is 0 Å². The Balaban J connectivity index is 2.66. The lowest BCUT2D eigenvalue weighted by molar-refractivity contribution is 0.198. The van der Waals surface area contributed by atoms with Crippen molar-refractivity contribution in [3.63, 3.8) is 0 Å². The Labute approximate surface area is 93.5 Å². The summed E-state index contributed by atoms with van der Waals surface area (Å²) in [6.45, 7) is 2.09. The van der Waals surface area contributed by atoms with Gasteiger partial charge in [-0.05, 0) is 30.9 Å². The molecule has 0 saturated carbocycles. The van der Waals surface area contributed by atoms with Crippen molar-refractivity contribution in [2.24, 2.45) is 0 Å². The molecular formula is C11H15FO2S. The highest BCUT2D eigenvalue weighted by molar-refractivity contribution is 7.98. The summed E-state index contributed by atoms with van der Waals surface area (Å²) in [5, 5.41) is 9.24. The van der Waals surface area contributed by atoms with E-state index in [0.717, 1.165) is 5.75 Å². The molecule has 0 aliphatic carbocycles. The van der Waals surface area contributed by atoms with Gasteiger partial charge in [0.05, 0.1) is 12.7 Å². The van der Waals surface area contributed by atoms with Crippen molar-refractivity contribution < 1.29 is 14.2 Å². The predicted molar refractivity (Wildman–Crippen MR) is 60.9 cm³/mol. The standard InChI is InChI=1S/C11H15FO2S/c1-8(13)9-3-4-11(10(12)7-9)14-5-6-15-2/h3-4,7-8,13H,5-6H2,1-2H3. The molecule has 0 aliphatic rings. The first-order valence-corrected chi connectivity index (χ1v) is 6.13. The van der Waals surface area contributed by atoms with Crippen LogP contribution >= 0.6 is 11.8 Å². The van der Waals surface area contributed by atoms with Crippen LogP contribution in [-0.4, -0.2) is 23.7 Å². The van der Waals surface area contributed by atoms with Gasteiger partial charge >= 0.3 is 0 Å². The zero-order valence-electron chi connectivity index (χ0n) is 8.87. The molecule has 0 radical (unpaired) electrons. The highest BCUT2D eigenvalue weighted by atomic mass is 32.2. The molecule has 0 saturated heterocycles. The van der Waals surface area contributed by atoms with Crippen molar-refractivity contribution in [3.8, 4) is 5.75 Å². The van der Waals surface area contributed by atoms with E-state index >= 15 is 0 Å². The summed E-state index contributed by atoms with van der Waals surface area (Å²) in [5.74, 6) is 0.653. The van der Waals surface area contributed by atoms with Crippen LogP contribution in [0.2, 0.25) is 0 Å². The van der Waals surface area contributed by atoms with Crippen molar-refractivity contribution in [1.82, 2.24) is 0 Å². The predicted octanol–water partition coefficient (Wildman–Crippen LogP) is 2.62. The minimum Gasteiger partial charge on any atom is -0.490 e. The van der Waals surface area contributed by atoms with E-state index in [-0.39, 0.29) is 5.75 Å². The summed E-state index contributed by atoms with van der Waals surface area (Å²) in [6.07, 6.45) is 1.32. The molecule has 0 amide bonds. The summed E-state index contributed by atoms with van der Waals surface area (Å²) in [4.78, 5) is 0. The van der Waals surface area contributed by atoms with Gasteiger partial charge in [-0.1, -0.05) is 6.07 Å². The Morgan fingerprint density at radius 2 is 2.27 bits per heavy atom. The summed E-state index contributed by atoms with van der Waals surface area (Å²) in [5.41, 5.74) is 0.560. The molecule has 1 unspecified atom stereocenters. The number of ether oxygens (including phenoxy) is 1. The van der Waals surface area contributed by atoms with Crippen LogP contribution < -0.4 is 4.74 Å². The molecule has 1 aromatic rings. The second kappa shape index (κ2) is 5.98. The molecule has 0 fully saturated rings. The maximum Gasteiger partial charge on any atom is 0.165 e. The van der Waals surface area contributed by atoms with Crippen LogP contribution in [0.1, 0.15) is 18.6 Å². The van der Waals surface area contributed by atoms with Crippen molar-refractivity contribution in [1.29, 1.82) is 0 Å². The topological polar surface area (TPSA) is 29.5 Å². The molecule has 15 heavy (non-hydrogen) atoms. The molecule has 2 nitrogen and oxygen atoms in total. The second-order valence-electron chi connectivity index (χ2n) is 3.21. The van der Waals surface area contributed by atoms with E-state index in [1.807, 2.05) is 6.26 Å². The molecule has 4 heteroatoms. The van der Waals surface area contributed by atoms with Gasteiger partial charge in [-0.25, -0.2) is 4.39 Å². The maximum atomic E-state index is 13.4. The van der Waals surface area contributed by atoms with Gasteiger partial charge in [0.2, 0.25) is 0 Å². The van der Waals surface area contributed by atoms with E-state index in [2.05, 4.69) is 0 Å². The zero-order chi connectivity index (χ0) is 11.3. The number of hydrogen-bond donors (Lipinski definition) is 1. The number of benzene rings is 1. The molecule has 1 rings (SSSR count). The number of rotatable bonds is 5. The van der Waals surface area contributed by atoms with E-state index in [4.69, 9.17) is 4.74 Å². The summed E-state index contributed by atoms with van der Waals surface area (Å²) < 4.78 is 18.6.